The zero-order valence-electron chi connectivity index (χ0n) is 6.45. The SMILES string of the molecule is Nc1[nH]ccc1C(=O)[C@@H](N)CO. The third-order valence-corrected chi connectivity index (χ3v) is 1.58. The second-order valence-electron chi connectivity index (χ2n) is 2.46. The number of ketones is 1. The van der Waals surface area contributed by atoms with Gasteiger partial charge in [0.2, 0.25) is 0 Å². The molecule has 0 radical (unpaired) electrons. The first-order chi connectivity index (χ1) is 5.66. The average molecular weight is 169 g/mol. The van der Waals surface area contributed by atoms with Crippen LogP contribution in [-0.4, -0.2) is 28.5 Å². The highest BCUT2D eigenvalue weighted by Gasteiger charge is 2.17. The normalized spacial score (nSPS) is 12.8. The third kappa shape index (κ3) is 1.46. The van der Waals surface area contributed by atoms with Crippen LogP contribution in [0.4, 0.5) is 5.82 Å². The van der Waals surface area contributed by atoms with Crippen LogP contribution < -0.4 is 11.5 Å². The number of carbonyl (C=O) groups excluding carboxylic acids is 1. The number of nitrogen functional groups attached to an aromatic ring is 1. The van der Waals surface area contributed by atoms with Gasteiger partial charge in [0.15, 0.2) is 5.78 Å². The molecule has 66 valence electrons. The third-order valence-electron chi connectivity index (χ3n) is 1.58. The van der Waals surface area contributed by atoms with Crippen molar-refractivity contribution in [2.75, 3.05) is 12.3 Å². The van der Waals surface area contributed by atoms with E-state index < -0.39 is 6.04 Å². The van der Waals surface area contributed by atoms with E-state index >= 15 is 0 Å². The number of hydrogen-bond donors (Lipinski definition) is 4. The molecular weight excluding hydrogens is 158 g/mol. The number of nitrogens with two attached hydrogens (primary N) is 2. The number of aromatic nitrogens is 1. The van der Waals surface area contributed by atoms with Crippen LogP contribution in [0, 0.1) is 0 Å². The molecule has 0 saturated heterocycles. The monoisotopic (exact) mass is 169 g/mol. The van der Waals surface area contributed by atoms with E-state index in [0.29, 0.717) is 5.56 Å². The summed E-state index contributed by atoms with van der Waals surface area (Å²) < 4.78 is 0. The summed E-state index contributed by atoms with van der Waals surface area (Å²) in [6.07, 6.45) is 1.55. The Kier molecular flexibility index (Phi) is 2.47. The maximum absolute atomic E-state index is 11.3. The van der Waals surface area contributed by atoms with Gasteiger partial charge >= 0.3 is 0 Å². The fourth-order valence-corrected chi connectivity index (χ4v) is 0.880. The maximum atomic E-state index is 11.3. The number of rotatable bonds is 3. The molecule has 12 heavy (non-hydrogen) atoms. The lowest BCUT2D eigenvalue weighted by Gasteiger charge is -2.05. The second kappa shape index (κ2) is 3.38. The minimum Gasteiger partial charge on any atom is -0.394 e. The Labute approximate surface area is 69.4 Å². The lowest BCUT2D eigenvalue weighted by Crippen LogP contribution is -2.34. The first-order valence-corrected chi connectivity index (χ1v) is 3.50. The molecular formula is C7H11N3O2. The molecule has 0 aliphatic heterocycles. The van der Waals surface area contributed by atoms with Crippen LogP contribution >= 0.6 is 0 Å². The van der Waals surface area contributed by atoms with Gasteiger partial charge in [-0.15, -0.1) is 0 Å². The summed E-state index contributed by atoms with van der Waals surface area (Å²) in [7, 11) is 0. The van der Waals surface area contributed by atoms with Crippen molar-refractivity contribution in [1.29, 1.82) is 0 Å². The number of nitrogens with one attached hydrogen (secondary N) is 1. The molecule has 5 heteroatoms. The van der Waals surface area contributed by atoms with Crippen LogP contribution in [0.3, 0.4) is 0 Å². The molecule has 0 bridgehead atoms. The van der Waals surface area contributed by atoms with Gasteiger partial charge in [0, 0.05) is 6.20 Å². The Morgan fingerprint density at radius 1 is 1.75 bits per heavy atom. The predicted octanol–water partition coefficient (Wildman–Crippen LogP) is -0.901. The van der Waals surface area contributed by atoms with Crippen molar-refractivity contribution in [2.24, 2.45) is 5.73 Å². The highest BCUT2D eigenvalue weighted by molar-refractivity contribution is 6.03. The number of aliphatic hydroxyl groups is 1. The molecule has 1 aromatic rings. The van der Waals surface area contributed by atoms with Gasteiger partial charge < -0.3 is 21.6 Å². The summed E-state index contributed by atoms with van der Waals surface area (Å²) in [4.78, 5) is 13.9. The topological polar surface area (TPSA) is 105 Å². The number of hydrogen-bond acceptors (Lipinski definition) is 4. The lowest BCUT2D eigenvalue weighted by atomic mass is 10.1. The minimum absolute atomic E-state index is 0.281. The average Bonchev–Trinajstić information content (AvgIpc) is 2.48. The highest BCUT2D eigenvalue weighted by Crippen LogP contribution is 2.10. The van der Waals surface area contributed by atoms with E-state index in [1.54, 1.807) is 6.20 Å². The fourth-order valence-electron chi connectivity index (χ4n) is 0.880. The van der Waals surface area contributed by atoms with Crippen molar-refractivity contribution in [1.82, 2.24) is 4.98 Å². The summed E-state index contributed by atoms with van der Waals surface area (Å²) in [6.45, 7) is -0.372. The molecule has 1 heterocycles. The Bertz CT molecular complexity index is 282. The van der Waals surface area contributed by atoms with E-state index in [2.05, 4.69) is 4.98 Å². The van der Waals surface area contributed by atoms with Gasteiger partial charge in [-0.2, -0.15) is 0 Å². The van der Waals surface area contributed by atoms with Crippen LogP contribution in [0.5, 0.6) is 0 Å². The van der Waals surface area contributed by atoms with Crippen molar-refractivity contribution in [3.05, 3.63) is 17.8 Å². The number of aromatic amines is 1. The molecule has 5 nitrogen and oxygen atoms in total. The van der Waals surface area contributed by atoms with Gasteiger partial charge in [-0.25, -0.2) is 0 Å². The molecule has 0 fully saturated rings. The Balaban J connectivity index is 2.85. The van der Waals surface area contributed by atoms with E-state index in [1.807, 2.05) is 0 Å². The summed E-state index contributed by atoms with van der Waals surface area (Å²) in [5.41, 5.74) is 11.1. The van der Waals surface area contributed by atoms with Gasteiger partial charge in [0.25, 0.3) is 0 Å². The van der Waals surface area contributed by atoms with Crippen LogP contribution in [0.2, 0.25) is 0 Å². The maximum Gasteiger partial charge on any atom is 0.185 e. The number of Topliss-reactive ketones (excluding diaryl/α,β-unsaturated/α-hetero) is 1. The summed E-state index contributed by atoms with van der Waals surface area (Å²) in [6, 6.07) is 0.649. The highest BCUT2D eigenvalue weighted by atomic mass is 16.3. The molecule has 1 rings (SSSR count). The molecule has 0 spiro atoms. The second-order valence-corrected chi connectivity index (χ2v) is 2.46. The van der Waals surface area contributed by atoms with E-state index in [9.17, 15) is 4.79 Å². The fraction of sp³-hybridized carbons (Fsp3) is 0.286. The smallest absolute Gasteiger partial charge is 0.185 e. The Morgan fingerprint density at radius 3 is 2.83 bits per heavy atom. The molecule has 1 atom stereocenters. The van der Waals surface area contributed by atoms with Crippen molar-refractivity contribution in [3.8, 4) is 0 Å². The van der Waals surface area contributed by atoms with Crippen molar-refractivity contribution in [3.63, 3.8) is 0 Å². The molecule has 0 unspecified atom stereocenters. The van der Waals surface area contributed by atoms with Gasteiger partial charge in [-0.1, -0.05) is 0 Å². The largest absolute Gasteiger partial charge is 0.394 e. The Morgan fingerprint density at radius 2 is 2.42 bits per heavy atom. The molecule has 0 aliphatic rings. The van der Waals surface area contributed by atoms with E-state index in [-0.39, 0.29) is 18.2 Å². The molecule has 0 aromatic carbocycles. The zero-order chi connectivity index (χ0) is 9.14. The van der Waals surface area contributed by atoms with Crippen molar-refractivity contribution in [2.45, 2.75) is 6.04 Å². The predicted molar refractivity (Wildman–Crippen MR) is 44.6 cm³/mol. The molecule has 0 aliphatic carbocycles. The number of H-pyrrole nitrogens is 1. The Hall–Kier alpha value is -1.33. The first kappa shape index (κ1) is 8.76. The van der Waals surface area contributed by atoms with Crippen LogP contribution in [0.15, 0.2) is 12.3 Å². The van der Waals surface area contributed by atoms with Crippen molar-refractivity contribution >= 4 is 11.6 Å². The van der Waals surface area contributed by atoms with Crippen LogP contribution in [0.1, 0.15) is 10.4 Å². The lowest BCUT2D eigenvalue weighted by molar-refractivity contribution is 0.0926. The standard InChI is InChI=1S/C7H11N3O2/c8-5(3-11)6(12)4-1-2-10-7(4)9/h1-2,5,10-11H,3,8-9H2/t5-/m0/s1. The molecule has 0 saturated carbocycles. The zero-order valence-corrected chi connectivity index (χ0v) is 6.45. The minimum atomic E-state index is -0.886. The van der Waals surface area contributed by atoms with Gasteiger partial charge in [-0.05, 0) is 6.07 Å². The van der Waals surface area contributed by atoms with E-state index in [4.69, 9.17) is 16.6 Å². The summed E-state index contributed by atoms with van der Waals surface area (Å²) >= 11 is 0. The number of carbonyl (C=O) groups is 1. The molecule has 6 N–H and O–H groups in total. The van der Waals surface area contributed by atoms with Crippen LogP contribution in [-0.2, 0) is 0 Å². The molecule has 1 aromatic heterocycles. The van der Waals surface area contributed by atoms with Gasteiger partial charge in [-0.3, -0.25) is 4.79 Å². The summed E-state index contributed by atoms with van der Waals surface area (Å²) in [5, 5.41) is 8.60. The van der Waals surface area contributed by atoms with Gasteiger partial charge in [0.1, 0.15) is 5.82 Å². The van der Waals surface area contributed by atoms with Crippen molar-refractivity contribution < 1.29 is 9.90 Å². The number of aliphatic hydroxyl groups excluding tert-OH is 1. The number of anilines is 1. The van der Waals surface area contributed by atoms with Gasteiger partial charge in [0.05, 0.1) is 18.2 Å². The molecule has 0 amide bonds. The van der Waals surface area contributed by atoms with Crippen LogP contribution in [0.25, 0.3) is 0 Å². The summed E-state index contributed by atoms with van der Waals surface area (Å²) in [5.74, 6) is -0.0693. The quantitative estimate of drug-likeness (QED) is 0.440. The van der Waals surface area contributed by atoms with E-state index in [0.717, 1.165) is 0 Å². The first-order valence-electron chi connectivity index (χ1n) is 3.50. The van der Waals surface area contributed by atoms with E-state index in [1.165, 1.54) is 6.07 Å².